The molecule has 0 fully saturated rings. The number of nitro groups is 1. The summed E-state index contributed by atoms with van der Waals surface area (Å²) in [6, 6.07) is 12.5. The third-order valence-corrected chi connectivity index (χ3v) is 4.25. The Balaban J connectivity index is 1.97. The van der Waals surface area contributed by atoms with Gasteiger partial charge >= 0.3 is 0 Å². The number of hydrogen-bond acceptors (Lipinski definition) is 3. The minimum Gasteiger partial charge on any atom is -0.308 e. The van der Waals surface area contributed by atoms with Crippen LogP contribution in [0.1, 0.15) is 34.3 Å². The van der Waals surface area contributed by atoms with Gasteiger partial charge in [0.1, 0.15) is 0 Å². The number of benzene rings is 2. The average molecular weight is 310 g/mol. The number of aryl methyl sites for hydroxylation is 2. The molecule has 118 valence electrons. The Morgan fingerprint density at radius 2 is 1.96 bits per heavy atom. The first-order valence-corrected chi connectivity index (χ1v) is 7.73. The first-order valence-electron chi connectivity index (χ1n) is 7.73. The third-order valence-electron chi connectivity index (χ3n) is 4.25. The molecule has 5 heteroatoms. The Morgan fingerprint density at radius 1 is 1.17 bits per heavy atom. The van der Waals surface area contributed by atoms with Crippen LogP contribution in [0.4, 0.5) is 11.4 Å². The van der Waals surface area contributed by atoms with E-state index >= 15 is 0 Å². The molecule has 0 saturated carbocycles. The lowest BCUT2D eigenvalue weighted by atomic mass is 10.1. The lowest BCUT2D eigenvalue weighted by molar-refractivity contribution is -0.385. The van der Waals surface area contributed by atoms with Gasteiger partial charge in [-0.1, -0.05) is 18.2 Å². The molecule has 0 saturated heterocycles. The van der Waals surface area contributed by atoms with Crippen molar-refractivity contribution < 1.29 is 9.72 Å². The van der Waals surface area contributed by atoms with E-state index in [0.29, 0.717) is 17.7 Å². The van der Waals surface area contributed by atoms with Gasteiger partial charge in [-0.3, -0.25) is 14.9 Å². The molecule has 2 aromatic carbocycles. The summed E-state index contributed by atoms with van der Waals surface area (Å²) in [4.78, 5) is 25.2. The van der Waals surface area contributed by atoms with Crippen molar-refractivity contribution in [1.29, 1.82) is 0 Å². The number of nitro benzene ring substituents is 1. The SMILES string of the molecule is Cc1cc(C(=O)N2CCCCc3ccccc32)ccc1[N+](=O)[O-]. The molecule has 3 rings (SSSR count). The zero-order chi connectivity index (χ0) is 16.4. The molecule has 0 radical (unpaired) electrons. The fourth-order valence-electron chi connectivity index (χ4n) is 3.05. The van der Waals surface area contributed by atoms with Crippen molar-refractivity contribution in [2.45, 2.75) is 26.2 Å². The number of para-hydroxylation sites is 1. The van der Waals surface area contributed by atoms with E-state index < -0.39 is 4.92 Å². The number of fused-ring (bicyclic) bond motifs is 1. The molecule has 2 aromatic rings. The number of hydrogen-bond donors (Lipinski definition) is 0. The number of rotatable bonds is 2. The molecule has 5 nitrogen and oxygen atoms in total. The zero-order valence-electron chi connectivity index (χ0n) is 13.0. The summed E-state index contributed by atoms with van der Waals surface area (Å²) in [6.07, 6.45) is 2.98. The van der Waals surface area contributed by atoms with E-state index in [1.165, 1.54) is 11.6 Å². The molecule has 1 aliphatic heterocycles. The van der Waals surface area contributed by atoms with Crippen LogP contribution in [0.2, 0.25) is 0 Å². The first kappa shape index (κ1) is 15.2. The quantitative estimate of drug-likeness (QED) is 0.624. The second-order valence-electron chi connectivity index (χ2n) is 5.80. The molecule has 1 heterocycles. The maximum absolute atomic E-state index is 12.9. The largest absolute Gasteiger partial charge is 0.308 e. The molecule has 0 aliphatic carbocycles. The van der Waals surface area contributed by atoms with Gasteiger partial charge in [-0.25, -0.2) is 0 Å². The van der Waals surface area contributed by atoms with Gasteiger partial charge in [0, 0.05) is 29.4 Å². The topological polar surface area (TPSA) is 63.5 Å². The highest BCUT2D eigenvalue weighted by molar-refractivity contribution is 6.06. The first-order chi connectivity index (χ1) is 11.1. The molecule has 0 bridgehead atoms. The summed E-state index contributed by atoms with van der Waals surface area (Å²) in [5.41, 5.74) is 3.16. The van der Waals surface area contributed by atoms with Crippen LogP contribution in [0, 0.1) is 17.0 Å². The smallest absolute Gasteiger partial charge is 0.272 e. The van der Waals surface area contributed by atoms with Gasteiger partial charge in [0.2, 0.25) is 0 Å². The van der Waals surface area contributed by atoms with Crippen molar-refractivity contribution in [3.63, 3.8) is 0 Å². The van der Waals surface area contributed by atoms with Crippen LogP contribution in [-0.2, 0) is 6.42 Å². The molecule has 0 aromatic heterocycles. The fourth-order valence-corrected chi connectivity index (χ4v) is 3.05. The van der Waals surface area contributed by atoms with Crippen LogP contribution in [0.3, 0.4) is 0 Å². The third kappa shape index (κ3) is 2.95. The van der Waals surface area contributed by atoms with Gasteiger partial charge < -0.3 is 4.90 Å². The highest BCUT2D eigenvalue weighted by Gasteiger charge is 2.23. The number of carbonyl (C=O) groups is 1. The zero-order valence-corrected chi connectivity index (χ0v) is 13.0. The molecule has 0 spiro atoms. The van der Waals surface area contributed by atoms with Gasteiger partial charge in [-0.15, -0.1) is 0 Å². The van der Waals surface area contributed by atoms with E-state index in [0.717, 1.165) is 24.9 Å². The Bertz CT molecular complexity index is 771. The van der Waals surface area contributed by atoms with Gasteiger partial charge in [-0.05, 0) is 49.9 Å². The van der Waals surface area contributed by atoms with Crippen LogP contribution in [0.15, 0.2) is 42.5 Å². The van der Waals surface area contributed by atoms with Crippen LogP contribution >= 0.6 is 0 Å². The summed E-state index contributed by atoms with van der Waals surface area (Å²) < 4.78 is 0. The molecule has 0 N–H and O–H groups in total. The lowest BCUT2D eigenvalue weighted by Crippen LogP contribution is -2.31. The van der Waals surface area contributed by atoms with Crippen molar-refractivity contribution >= 4 is 17.3 Å². The van der Waals surface area contributed by atoms with E-state index in [9.17, 15) is 14.9 Å². The van der Waals surface area contributed by atoms with Crippen molar-refractivity contribution in [3.8, 4) is 0 Å². The minimum atomic E-state index is -0.426. The van der Waals surface area contributed by atoms with Crippen molar-refractivity contribution in [2.75, 3.05) is 11.4 Å². The standard InChI is InChI=1S/C18H18N2O3/c1-13-12-15(9-10-16(13)20(22)23)18(21)19-11-5-4-7-14-6-2-3-8-17(14)19/h2-3,6,8-10,12H,4-5,7,11H2,1H3. The fraction of sp³-hybridized carbons (Fsp3) is 0.278. The Morgan fingerprint density at radius 3 is 2.70 bits per heavy atom. The summed E-state index contributed by atoms with van der Waals surface area (Å²) in [5, 5.41) is 10.9. The Hall–Kier alpha value is -2.69. The molecular weight excluding hydrogens is 292 g/mol. The van der Waals surface area contributed by atoms with E-state index in [1.807, 2.05) is 18.2 Å². The van der Waals surface area contributed by atoms with Crippen molar-refractivity contribution in [1.82, 2.24) is 0 Å². The van der Waals surface area contributed by atoms with Gasteiger partial charge in [-0.2, -0.15) is 0 Å². The second-order valence-corrected chi connectivity index (χ2v) is 5.80. The highest BCUT2D eigenvalue weighted by atomic mass is 16.6. The maximum atomic E-state index is 12.9. The van der Waals surface area contributed by atoms with Gasteiger partial charge in [0.05, 0.1) is 4.92 Å². The normalized spacial score (nSPS) is 14.0. The molecule has 1 amide bonds. The molecular formula is C18H18N2O3. The van der Waals surface area contributed by atoms with E-state index in [4.69, 9.17) is 0 Å². The van der Waals surface area contributed by atoms with Crippen LogP contribution in [0.5, 0.6) is 0 Å². The number of amides is 1. The second kappa shape index (κ2) is 6.20. The highest BCUT2D eigenvalue weighted by Crippen LogP contribution is 2.28. The minimum absolute atomic E-state index is 0.0396. The van der Waals surface area contributed by atoms with Gasteiger partial charge in [0.15, 0.2) is 0 Å². The predicted octanol–water partition coefficient (Wildman–Crippen LogP) is 3.89. The van der Waals surface area contributed by atoms with E-state index in [1.54, 1.807) is 24.0 Å². The van der Waals surface area contributed by atoms with Crippen molar-refractivity contribution in [2.24, 2.45) is 0 Å². The summed E-state index contributed by atoms with van der Waals surface area (Å²) in [7, 11) is 0. The monoisotopic (exact) mass is 310 g/mol. The summed E-state index contributed by atoms with van der Waals surface area (Å²) in [6.45, 7) is 2.33. The van der Waals surface area contributed by atoms with Crippen LogP contribution in [-0.4, -0.2) is 17.4 Å². The van der Waals surface area contributed by atoms with E-state index in [2.05, 4.69) is 6.07 Å². The maximum Gasteiger partial charge on any atom is 0.272 e. The average Bonchev–Trinajstić information content (AvgIpc) is 2.76. The number of carbonyl (C=O) groups excluding carboxylic acids is 1. The Kier molecular flexibility index (Phi) is 4.10. The molecule has 0 atom stereocenters. The predicted molar refractivity (Wildman–Crippen MR) is 88.9 cm³/mol. The van der Waals surface area contributed by atoms with Gasteiger partial charge in [0.25, 0.3) is 11.6 Å². The molecule has 1 aliphatic rings. The number of nitrogens with zero attached hydrogens (tertiary/aromatic N) is 2. The number of anilines is 1. The molecule has 23 heavy (non-hydrogen) atoms. The summed E-state index contributed by atoms with van der Waals surface area (Å²) >= 11 is 0. The van der Waals surface area contributed by atoms with Crippen LogP contribution < -0.4 is 4.90 Å². The van der Waals surface area contributed by atoms with E-state index in [-0.39, 0.29) is 11.6 Å². The lowest BCUT2D eigenvalue weighted by Gasteiger charge is -2.23. The Labute approximate surface area is 134 Å². The molecule has 0 unspecified atom stereocenters. The summed E-state index contributed by atoms with van der Waals surface area (Å²) in [5.74, 6) is -0.0997. The van der Waals surface area contributed by atoms with Crippen molar-refractivity contribution in [3.05, 3.63) is 69.3 Å². The van der Waals surface area contributed by atoms with Crippen LogP contribution in [0.25, 0.3) is 0 Å².